The van der Waals surface area contributed by atoms with Gasteiger partial charge in [0.25, 0.3) is 5.91 Å². The Kier molecular flexibility index (Phi) is 5.86. The minimum atomic E-state index is -0.315. The van der Waals surface area contributed by atoms with Gasteiger partial charge < -0.3 is 4.74 Å². The van der Waals surface area contributed by atoms with Crippen LogP contribution in [0.2, 0.25) is 0 Å². The van der Waals surface area contributed by atoms with Crippen LogP contribution < -0.4 is 4.74 Å². The number of thioether (sulfide) groups is 1. The predicted molar refractivity (Wildman–Crippen MR) is 122 cm³/mol. The Labute approximate surface area is 179 Å². The molecule has 0 spiro atoms. The van der Waals surface area contributed by atoms with E-state index >= 15 is 0 Å². The van der Waals surface area contributed by atoms with Gasteiger partial charge in [-0.2, -0.15) is 0 Å². The molecule has 1 aliphatic heterocycles. The Bertz CT molecular complexity index is 1160. The van der Waals surface area contributed by atoms with Gasteiger partial charge in [-0.05, 0) is 73.0 Å². The average Bonchev–Trinajstić information content (AvgIpc) is 3.05. The zero-order chi connectivity index (χ0) is 21.1. The molecule has 30 heavy (non-hydrogen) atoms. The molecule has 4 nitrogen and oxygen atoms in total. The number of carbonyl (C=O) groups excluding carboxylic acids is 1. The maximum absolute atomic E-state index is 13.2. The highest BCUT2D eigenvalue weighted by molar-refractivity contribution is 8.18. The van der Waals surface area contributed by atoms with E-state index in [0.717, 1.165) is 22.1 Å². The molecule has 3 aromatic rings. The van der Waals surface area contributed by atoms with E-state index in [0.29, 0.717) is 28.9 Å². The van der Waals surface area contributed by atoms with Gasteiger partial charge in [-0.25, -0.2) is 9.38 Å². The molecule has 0 aromatic heterocycles. The van der Waals surface area contributed by atoms with Crippen molar-refractivity contribution in [2.45, 2.75) is 13.8 Å². The van der Waals surface area contributed by atoms with Gasteiger partial charge in [-0.15, -0.1) is 0 Å². The molecule has 0 unspecified atom stereocenters. The first-order valence-electron chi connectivity index (χ1n) is 9.81. The smallest absolute Gasteiger partial charge is 0.266 e. The first-order valence-corrected chi connectivity index (χ1v) is 10.6. The maximum atomic E-state index is 13.2. The van der Waals surface area contributed by atoms with Gasteiger partial charge >= 0.3 is 0 Å². The fourth-order valence-electron chi connectivity index (χ4n) is 3.34. The molecular weight excluding hydrogens is 399 g/mol. The van der Waals surface area contributed by atoms with Crippen molar-refractivity contribution in [3.8, 4) is 5.75 Å². The summed E-state index contributed by atoms with van der Waals surface area (Å²) in [6, 6.07) is 17.8. The highest BCUT2D eigenvalue weighted by Gasteiger charge is 2.32. The third kappa shape index (κ3) is 3.96. The summed E-state index contributed by atoms with van der Waals surface area (Å²) in [4.78, 5) is 19.8. The van der Waals surface area contributed by atoms with E-state index in [-0.39, 0.29) is 11.7 Å². The number of hydrogen-bond donors (Lipinski definition) is 0. The van der Waals surface area contributed by atoms with Crippen LogP contribution in [0, 0.1) is 5.82 Å². The van der Waals surface area contributed by atoms with Crippen molar-refractivity contribution in [3.05, 3.63) is 76.9 Å². The van der Waals surface area contributed by atoms with Crippen LogP contribution in [0.4, 0.5) is 10.1 Å². The minimum absolute atomic E-state index is 0.0821. The average molecular weight is 421 g/mol. The van der Waals surface area contributed by atoms with Crippen LogP contribution >= 0.6 is 11.8 Å². The van der Waals surface area contributed by atoms with E-state index in [1.165, 1.54) is 23.9 Å². The summed E-state index contributed by atoms with van der Waals surface area (Å²) < 4.78 is 18.9. The lowest BCUT2D eigenvalue weighted by Gasteiger charge is -2.12. The summed E-state index contributed by atoms with van der Waals surface area (Å²) >= 11 is 1.33. The van der Waals surface area contributed by atoms with Crippen molar-refractivity contribution in [1.29, 1.82) is 0 Å². The number of carbonyl (C=O) groups is 1. The van der Waals surface area contributed by atoms with Crippen LogP contribution in [0.3, 0.4) is 0 Å². The number of likely N-dealkylation sites (N-methyl/N-ethyl adjacent to an activating group) is 1. The summed E-state index contributed by atoms with van der Waals surface area (Å²) in [6.07, 6.45) is 1.90. The Balaban J connectivity index is 1.73. The lowest BCUT2D eigenvalue weighted by Crippen LogP contribution is -2.28. The molecule has 0 bridgehead atoms. The number of hydrogen-bond acceptors (Lipinski definition) is 4. The van der Waals surface area contributed by atoms with Crippen LogP contribution in [0.5, 0.6) is 5.75 Å². The number of halogens is 1. The fourth-order valence-corrected chi connectivity index (χ4v) is 4.39. The Hall–Kier alpha value is -3.12. The van der Waals surface area contributed by atoms with Crippen LogP contribution in [-0.4, -0.2) is 29.1 Å². The van der Waals surface area contributed by atoms with Crippen molar-refractivity contribution in [2.24, 2.45) is 4.99 Å². The van der Waals surface area contributed by atoms with Gasteiger partial charge in [0.2, 0.25) is 0 Å². The van der Waals surface area contributed by atoms with Gasteiger partial charge in [0.1, 0.15) is 11.6 Å². The van der Waals surface area contributed by atoms with Gasteiger partial charge in [0.05, 0.1) is 17.2 Å². The number of ether oxygens (including phenoxy) is 1. The first kappa shape index (κ1) is 20.2. The zero-order valence-electron chi connectivity index (χ0n) is 16.8. The molecule has 0 saturated carbocycles. The van der Waals surface area contributed by atoms with Crippen molar-refractivity contribution in [3.63, 3.8) is 0 Å². The molecule has 0 atom stereocenters. The van der Waals surface area contributed by atoms with Gasteiger partial charge in [0.15, 0.2) is 5.17 Å². The lowest BCUT2D eigenvalue weighted by atomic mass is 10.0. The van der Waals surface area contributed by atoms with E-state index in [9.17, 15) is 9.18 Å². The predicted octanol–water partition coefficient (Wildman–Crippen LogP) is 6.00. The summed E-state index contributed by atoms with van der Waals surface area (Å²) in [5, 5.41) is 2.63. The molecule has 1 heterocycles. The molecule has 6 heteroatoms. The van der Waals surface area contributed by atoms with Gasteiger partial charge in [-0.3, -0.25) is 9.69 Å². The van der Waals surface area contributed by atoms with E-state index in [1.807, 2.05) is 56.3 Å². The minimum Gasteiger partial charge on any atom is -0.493 e. The zero-order valence-corrected chi connectivity index (χ0v) is 17.6. The van der Waals surface area contributed by atoms with E-state index in [4.69, 9.17) is 4.74 Å². The number of amides is 1. The second-order valence-electron chi connectivity index (χ2n) is 6.66. The van der Waals surface area contributed by atoms with E-state index < -0.39 is 0 Å². The standard InChI is InChI=1S/C24H21FN2O2S/c1-3-27-23(28)22(30-24(27)26-18-12-10-17(25)11-13-18)15-16-9-14-21(29-4-2)20-8-6-5-7-19(16)20/h5-15H,3-4H2,1-2H3/b22-15+,26-24?. The SMILES string of the molecule is CCOc1ccc(/C=C2/SC(=Nc3ccc(F)cc3)N(CC)C2=O)c2ccccc12. The normalized spacial score (nSPS) is 16.8. The van der Waals surface area contributed by atoms with E-state index in [1.54, 1.807) is 17.0 Å². The number of aliphatic imine (C=N–C) groups is 1. The summed E-state index contributed by atoms with van der Waals surface area (Å²) in [5.41, 5.74) is 1.56. The highest BCUT2D eigenvalue weighted by atomic mass is 32.2. The number of fused-ring (bicyclic) bond motifs is 1. The monoisotopic (exact) mass is 420 g/mol. The molecule has 1 fully saturated rings. The topological polar surface area (TPSA) is 41.9 Å². The Morgan fingerprint density at radius 3 is 2.47 bits per heavy atom. The largest absolute Gasteiger partial charge is 0.493 e. The maximum Gasteiger partial charge on any atom is 0.266 e. The molecule has 152 valence electrons. The fraction of sp³-hybridized carbons (Fsp3) is 0.167. The second-order valence-corrected chi connectivity index (χ2v) is 7.67. The molecule has 1 amide bonds. The first-order chi connectivity index (χ1) is 14.6. The second kappa shape index (κ2) is 8.71. The highest BCUT2D eigenvalue weighted by Crippen LogP contribution is 2.36. The number of nitrogens with zero attached hydrogens (tertiary/aromatic N) is 2. The molecule has 0 aliphatic carbocycles. The molecule has 4 rings (SSSR count). The van der Waals surface area contributed by atoms with Crippen molar-refractivity contribution < 1.29 is 13.9 Å². The Morgan fingerprint density at radius 2 is 1.77 bits per heavy atom. The third-order valence-corrected chi connectivity index (χ3v) is 5.77. The van der Waals surface area contributed by atoms with Gasteiger partial charge in [0, 0.05) is 11.9 Å². The number of rotatable bonds is 5. The molecule has 0 N–H and O–H groups in total. The van der Waals surface area contributed by atoms with Crippen LogP contribution in [-0.2, 0) is 4.79 Å². The quantitative estimate of drug-likeness (QED) is 0.475. The summed E-state index contributed by atoms with van der Waals surface area (Å²) in [6.45, 7) is 4.97. The molecular formula is C24H21FN2O2S. The lowest BCUT2D eigenvalue weighted by molar-refractivity contribution is -0.122. The Morgan fingerprint density at radius 1 is 1.03 bits per heavy atom. The van der Waals surface area contributed by atoms with Crippen molar-refractivity contribution in [2.75, 3.05) is 13.2 Å². The summed E-state index contributed by atoms with van der Waals surface area (Å²) in [5.74, 6) is 0.431. The molecule has 1 saturated heterocycles. The van der Waals surface area contributed by atoms with Crippen molar-refractivity contribution in [1.82, 2.24) is 4.90 Å². The van der Waals surface area contributed by atoms with E-state index in [2.05, 4.69) is 4.99 Å². The van der Waals surface area contributed by atoms with Crippen LogP contribution in [0.1, 0.15) is 19.4 Å². The molecule has 0 radical (unpaired) electrons. The van der Waals surface area contributed by atoms with Crippen LogP contribution in [0.25, 0.3) is 16.8 Å². The molecule has 3 aromatic carbocycles. The summed E-state index contributed by atoms with van der Waals surface area (Å²) in [7, 11) is 0. The van der Waals surface area contributed by atoms with Gasteiger partial charge in [-0.1, -0.05) is 30.3 Å². The number of benzene rings is 3. The van der Waals surface area contributed by atoms with Crippen LogP contribution in [0.15, 0.2) is 70.6 Å². The third-order valence-electron chi connectivity index (χ3n) is 4.76. The number of amidine groups is 1. The van der Waals surface area contributed by atoms with Crippen molar-refractivity contribution >= 4 is 45.4 Å². The molecule has 1 aliphatic rings.